The van der Waals surface area contributed by atoms with Crippen molar-refractivity contribution in [1.82, 2.24) is 14.7 Å². The molecular formula is C19H24N4O3. The zero-order valence-corrected chi connectivity index (χ0v) is 15.4. The Hall–Kier alpha value is -2.96. The second-order valence-corrected chi connectivity index (χ2v) is 6.00. The normalized spacial score (nSPS) is 10.4. The lowest BCUT2D eigenvalue weighted by Gasteiger charge is -2.17. The maximum Gasteiger partial charge on any atom is 0.274 e. The molecule has 7 heteroatoms. The van der Waals surface area contributed by atoms with Crippen molar-refractivity contribution in [2.24, 2.45) is 0 Å². The van der Waals surface area contributed by atoms with Crippen molar-refractivity contribution in [3.63, 3.8) is 0 Å². The molecule has 2 aromatic rings. The summed E-state index contributed by atoms with van der Waals surface area (Å²) in [5, 5.41) is 6.91. The molecular weight excluding hydrogens is 332 g/mol. The molecule has 1 heterocycles. The van der Waals surface area contributed by atoms with Crippen molar-refractivity contribution in [3.05, 3.63) is 58.0 Å². The molecule has 0 bridgehead atoms. The standard InChI is InChI=1S/C19H24N4O3/c1-4-12-23-18(25)11-10-16(21-23)19(26)22(3)13-17(24)20-15-9-7-6-8-14(15)5-2/h6-11H,4-5,12-13H2,1-3H3,(H,20,24). The number of aromatic nitrogens is 2. The average molecular weight is 356 g/mol. The number of hydrogen-bond acceptors (Lipinski definition) is 4. The highest BCUT2D eigenvalue weighted by Gasteiger charge is 2.17. The molecule has 0 radical (unpaired) electrons. The number of amides is 2. The molecule has 0 aliphatic carbocycles. The van der Waals surface area contributed by atoms with Crippen molar-refractivity contribution in [2.45, 2.75) is 33.2 Å². The number of likely N-dealkylation sites (N-methyl/N-ethyl adjacent to an activating group) is 1. The van der Waals surface area contributed by atoms with E-state index in [1.165, 1.54) is 28.8 Å². The molecule has 0 fully saturated rings. The summed E-state index contributed by atoms with van der Waals surface area (Å²) >= 11 is 0. The molecule has 0 aliphatic heterocycles. The van der Waals surface area contributed by atoms with Crippen LogP contribution < -0.4 is 10.9 Å². The summed E-state index contributed by atoms with van der Waals surface area (Å²) < 4.78 is 1.26. The van der Waals surface area contributed by atoms with Crippen molar-refractivity contribution in [3.8, 4) is 0 Å². The molecule has 0 atom stereocenters. The van der Waals surface area contributed by atoms with Gasteiger partial charge in [-0.2, -0.15) is 5.10 Å². The Morgan fingerprint density at radius 1 is 1.15 bits per heavy atom. The van der Waals surface area contributed by atoms with Gasteiger partial charge in [0.25, 0.3) is 11.5 Å². The van der Waals surface area contributed by atoms with E-state index >= 15 is 0 Å². The van der Waals surface area contributed by atoms with Crippen LogP contribution in [-0.2, 0) is 17.8 Å². The Morgan fingerprint density at radius 3 is 2.58 bits per heavy atom. The number of para-hydroxylation sites is 1. The first-order valence-electron chi connectivity index (χ1n) is 8.67. The summed E-state index contributed by atoms with van der Waals surface area (Å²) in [4.78, 5) is 37.8. The minimum absolute atomic E-state index is 0.106. The van der Waals surface area contributed by atoms with E-state index in [0.717, 1.165) is 24.1 Å². The highest BCUT2D eigenvalue weighted by molar-refractivity contribution is 5.98. The molecule has 1 N–H and O–H groups in total. The van der Waals surface area contributed by atoms with Gasteiger partial charge in [0.1, 0.15) is 5.69 Å². The number of benzene rings is 1. The lowest BCUT2D eigenvalue weighted by Crippen LogP contribution is -2.36. The Labute approximate surface area is 152 Å². The monoisotopic (exact) mass is 356 g/mol. The van der Waals surface area contributed by atoms with Gasteiger partial charge in [-0.3, -0.25) is 14.4 Å². The van der Waals surface area contributed by atoms with Crippen LogP contribution >= 0.6 is 0 Å². The van der Waals surface area contributed by atoms with E-state index < -0.39 is 5.91 Å². The predicted octanol–water partition coefficient (Wildman–Crippen LogP) is 1.93. The molecule has 2 rings (SSSR count). The first kappa shape index (κ1) is 19.4. The summed E-state index contributed by atoms with van der Waals surface area (Å²) in [6.07, 6.45) is 1.54. The summed E-state index contributed by atoms with van der Waals surface area (Å²) in [7, 11) is 1.53. The van der Waals surface area contributed by atoms with Gasteiger partial charge >= 0.3 is 0 Å². The topological polar surface area (TPSA) is 84.3 Å². The van der Waals surface area contributed by atoms with Crippen LogP contribution in [0.2, 0.25) is 0 Å². The molecule has 0 unspecified atom stereocenters. The zero-order valence-electron chi connectivity index (χ0n) is 15.4. The molecule has 0 aliphatic rings. The number of anilines is 1. The lowest BCUT2D eigenvalue weighted by atomic mass is 10.1. The Morgan fingerprint density at radius 2 is 1.88 bits per heavy atom. The van der Waals surface area contributed by atoms with Crippen LogP contribution in [0.5, 0.6) is 0 Å². The molecule has 1 aromatic carbocycles. The number of aryl methyl sites for hydroxylation is 2. The summed E-state index contributed by atoms with van der Waals surface area (Å²) in [6.45, 7) is 4.27. The second-order valence-electron chi connectivity index (χ2n) is 6.00. The SMILES string of the molecule is CCCn1nc(C(=O)N(C)CC(=O)Nc2ccccc2CC)ccc1=O. The summed E-state index contributed by atoms with van der Waals surface area (Å²) in [5.74, 6) is -0.697. The van der Waals surface area contributed by atoms with E-state index in [9.17, 15) is 14.4 Å². The number of nitrogens with zero attached hydrogens (tertiary/aromatic N) is 3. The minimum atomic E-state index is -0.409. The fraction of sp³-hybridized carbons (Fsp3) is 0.368. The van der Waals surface area contributed by atoms with Gasteiger partial charge in [-0.25, -0.2) is 4.68 Å². The Kier molecular flexibility index (Phi) is 6.66. The molecule has 0 saturated carbocycles. The van der Waals surface area contributed by atoms with E-state index in [-0.39, 0.29) is 23.7 Å². The van der Waals surface area contributed by atoms with Crippen LogP contribution in [0.25, 0.3) is 0 Å². The number of carbonyl (C=O) groups excluding carboxylic acids is 2. The van der Waals surface area contributed by atoms with Crippen molar-refractivity contribution in [1.29, 1.82) is 0 Å². The highest BCUT2D eigenvalue weighted by Crippen LogP contribution is 2.15. The van der Waals surface area contributed by atoms with E-state index in [2.05, 4.69) is 10.4 Å². The number of carbonyl (C=O) groups is 2. The van der Waals surface area contributed by atoms with Crippen LogP contribution in [0.4, 0.5) is 5.69 Å². The zero-order chi connectivity index (χ0) is 19.1. The van der Waals surface area contributed by atoms with Crippen molar-refractivity contribution in [2.75, 3.05) is 18.9 Å². The predicted molar refractivity (Wildman–Crippen MR) is 100 cm³/mol. The van der Waals surface area contributed by atoms with E-state index in [0.29, 0.717) is 6.54 Å². The van der Waals surface area contributed by atoms with Gasteiger partial charge in [0.15, 0.2) is 0 Å². The molecule has 138 valence electrons. The quantitative estimate of drug-likeness (QED) is 0.821. The van der Waals surface area contributed by atoms with Gasteiger partial charge in [-0.15, -0.1) is 0 Å². The van der Waals surface area contributed by atoms with Gasteiger partial charge in [0.05, 0.1) is 6.54 Å². The van der Waals surface area contributed by atoms with Gasteiger partial charge in [-0.1, -0.05) is 32.0 Å². The minimum Gasteiger partial charge on any atom is -0.331 e. The Bertz CT molecular complexity index is 845. The molecule has 2 amide bonds. The first-order chi connectivity index (χ1) is 12.5. The Balaban J connectivity index is 2.05. The van der Waals surface area contributed by atoms with Crippen LogP contribution in [0.3, 0.4) is 0 Å². The third-order valence-corrected chi connectivity index (χ3v) is 3.92. The van der Waals surface area contributed by atoms with E-state index in [1.807, 2.05) is 38.1 Å². The van der Waals surface area contributed by atoms with Crippen LogP contribution in [-0.4, -0.2) is 40.1 Å². The summed E-state index contributed by atoms with van der Waals surface area (Å²) in [5.41, 5.74) is 1.67. The van der Waals surface area contributed by atoms with Crippen LogP contribution in [0, 0.1) is 0 Å². The first-order valence-corrected chi connectivity index (χ1v) is 8.67. The van der Waals surface area contributed by atoms with E-state index in [1.54, 1.807) is 0 Å². The number of rotatable bonds is 7. The number of nitrogens with one attached hydrogen (secondary N) is 1. The smallest absolute Gasteiger partial charge is 0.274 e. The molecule has 1 aromatic heterocycles. The molecule has 26 heavy (non-hydrogen) atoms. The average Bonchev–Trinajstić information content (AvgIpc) is 2.63. The van der Waals surface area contributed by atoms with E-state index in [4.69, 9.17) is 0 Å². The molecule has 0 saturated heterocycles. The second kappa shape index (κ2) is 8.94. The largest absolute Gasteiger partial charge is 0.331 e. The summed E-state index contributed by atoms with van der Waals surface area (Å²) in [6, 6.07) is 10.3. The highest BCUT2D eigenvalue weighted by atomic mass is 16.2. The van der Waals surface area contributed by atoms with Gasteiger partial charge < -0.3 is 10.2 Å². The van der Waals surface area contributed by atoms with Gasteiger partial charge in [0, 0.05) is 25.3 Å². The maximum atomic E-state index is 12.5. The third kappa shape index (κ3) is 4.78. The molecule has 7 nitrogen and oxygen atoms in total. The molecule has 0 spiro atoms. The van der Waals surface area contributed by atoms with Crippen LogP contribution in [0.1, 0.15) is 36.3 Å². The van der Waals surface area contributed by atoms with Gasteiger partial charge in [-0.05, 0) is 30.5 Å². The lowest BCUT2D eigenvalue weighted by molar-refractivity contribution is -0.116. The maximum absolute atomic E-state index is 12.5. The van der Waals surface area contributed by atoms with Crippen LogP contribution in [0.15, 0.2) is 41.2 Å². The fourth-order valence-corrected chi connectivity index (χ4v) is 2.56. The fourth-order valence-electron chi connectivity index (χ4n) is 2.56. The van der Waals surface area contributed by atoms with Crippen molar-refractivity contribution < 1.29 is 9.59 Å². The third-order valence-electron chi connectivity index (χ3n) is 3.92. The van der Waals surface area contributed by atoms with Crippen molar-refractivity contribution >= 4 is 17.5 Å². The van der Waals surface area contributed by atoms with Gasteiger partial charge in [0.2, 0.25) is 5.91 Å². The number of hydrogen-bond donors (Lipinski definition) is 1.